The molecule has 1 rings (SSSR count). The summed E-state index contributed by atoms with van der Waals surface area (Å²) in [4.78, 5) is 33.5. The third-order valence-corrected chi connectivity index (χ3v) is 3.02. The molecule has 0 radical (unpaired) electrons. The summed E-state index contributed by atoms with van der Waals surface area (Å²) in [5.74, 6) is -1.11. The molecule has 20 heavy (non-hydrogen) atoms. The highest BCUT2D eigenvalue weighted by Crippen LogP contribution is 2.22. The molecular weight excluding hydrogens is 284 g/mol. The molecule has 1 aromatic heterocycles. The fraction of sp³-hybridized carbons (Fsp3) is 0.500. The molecule has 0 saturated heterocycles. The van der Waals surface area contributed by atoms with Gasteiger partial charge < -0.3 is 10.1 Å². The van der Waals surface area contributed by atoms with Crippen LogP contribution in [0, 0.1) is 10.1 Å². The van der Waals surface area contributed by atoms with Gasteiger partial charge >= 0.3 is 11.0 Å². The lowest BCUT2D eigenvalue weighted by molar-refractivity contribution is -0.380. The van der Waals surface area contributed by atoms with Gasteiger partial charge in [0.1, 0.15) is 11.6 Å². The first-order valence-electron chi connectivity index (χ1n) is 5.87. The standard InChI is InChI=1S/C12H16N2O5S/c1-7(11(16)19-12(2,3)4)13-10(15)8-5-9(14(17)18)20-6-8/h5-7H,1-4H3,(H,13,15)/t7-/m0/s1. The number of nitro groups is 1. The Bertz CT molecular complexity index is 532. The average Bonchev–Trinajstić information content (AvgIpc) is 2.75. The number of amides is 1. The van der Waals surface area contributed by atoms with Crippen molar-refractivity contribution in [3.8, 4) is 0 Å². The van der Waals surface area contributed by atoms with Crippen LogP contribution in [0.25, 0.3) is 0 Å². The van der Waals surface area contributed by atoms with E-state index < -0.39 is 28.4 Å². The second kappa shape index (κ2) is 6.00. The smallest absolute Gasteiger partial charge is 0.328 e. The monoisotopic (exact) mass is 300 g/mol. The van der Waals surface area contributed by atoms with E-state index >= 15 is 0 Å². The number of nitrogens with zero attached hydrogens (tertiary/aromatic N) is 1. The molecule has 1 N–H and O–H groups in total. The second-order valence-electron chi connectivity index (χ2n) is 5.16. The van der Waals surface area contributed by atoms with Gasteiger partial charge in [0.15, 0.2) is 0 Å². The van der Waals surface area contributed by atoms with E-state index in [0.717, 1.165) is 11.3 Å². The molecule has 0 spiro atoms. The van der Waals surface area contributed by atoms with E-state index in [1.165, 1.54) is 18.4 Å². The third kappa shape index (κ3) is 4.61. The number of esters is 1. The average molecular weight is 300 g/mol. The minimum Gasteiger partial charge on any atom is -0.458 e. The lowest BCUT2D eigenvalue weighted by Crippen LogP contribution is -2.42. The fourth-order valence-electron chi connectivity index (χ4n) is 1.27. The Morgan fingerprint density at radius 1 is 1.45 bits per heavy atom. The molecule has 0 unspecified atom stereocenters. The van der Waals surface area contributed by atoms with Crippen molar-refractivity contribution in [3.63, 3.8) is 0 Å². The zero-order valence-corrected chi connectivity index (χ0v) is 12.4. The molecule has 0 aromatic carbocycles. The van der Waals surface area contributed by atoms with Crippen molar-refractivity contribution >= 4 is 28.2 Å². The summed E-state index contributed by atoms with van der Waals surface area (Å²) in [6.45, 7) is 6.66. The Labute approximate surface area is 120 Å². The van der Waals surface area contributed by atoms with E-state index in [2.05, 4.69) is 5.32 Å². The number of hydrogen-bond donors (Lipinski definition) is 1. The predicted molar refractivity (Wildman–Crippen MR) is 73.7 cm³/mol. The van der Waals surface area contributed by atoms with Gasteiger partial charge in [0.2, 0.25) is 0 Å². The number of nitrogens with one attached hydrogen (secondary N) is 1. The normalized spacial score (nSPS) is 12.6. The summed E-state index contributed by atoms with van der Waals surface area (Å²) in [5, 5.41) is 14.2. The highest BCUT2D eigenvalue weighted by atomic mass is 32.1. The fourth-order valence-corrected chi connectivity index (χ4v) is 1.97. The molecule has 0 aliphatic carbocycles. The van der Waals surface area contributed by atoms with Gasteiger partial charge in [0.25, 0.3) is 5.91 Å². The van der Waals surface area contributed by atoms with Crippen molar-refractivity contribution in [2.75, 3.05) is 0 Å². The van der Waals surface area contributed by atoms with Crippen LogP contribution in [-0.4, -0.2) is 28.4 Å². The van der Waals surface area contributed by atoms with Crippen molar-refractivity contribution in [1.29, 1.82) is 0 Å². The molecule has 0 aliphatic rings. The van der Waals surface area contributed by atoms with Crippen molar-refractivity contribution < 1.29 is 19.2 Å². The number of thiophene rings is 1. The van der Waals surface area contributed by atoms with Gasteiger partial charge in [-0.25, -0.2) is 4.79 Å². The second-order valence-corrected chi connectivity index (χ2v) is 6.05. The highest BCUT2D eigenvalue weighted by Gasteiger charge is 2.24. The first-order chi connectivity index (χ1) is 9.10. The van der Waals surface area contributed by atoms with Crippen LogP contribution in [-0.2, 0) is 9.53 Å². The van der Waals surface area contributed by atoms with Crippen LogP contribution < -0.4 is 5.32 Å². The molecule has 1 amide bonds. The Kier molecular flexibility index (Phi) is 4.83. The zero-order valence-electron chi connectivity index (χ0n) is 11.6. The van der Waals surface area contributed by atoms with Crippen LogP contribution in [0.4, 0.5) is 5.00 Å². The van der Waals surface area contributed by atoms with Crippen LogP contribution in [0.1, 0.15) is 38.1 Å². The Morgan fingerprint density at radius 2 is 2.05 bits per heavy atom. The molecule has 1 aromatic rings. The van der Waals surface area contributed by atoms with E-state index in [9.17, 15) is 19.7 Å². The van der Waals surface area contributed by atoms with Crippen LogP contribution in [0.5, 0.6) is 0 Å². The summed E-state index contributed by atoms with van der Waals surface area (Å²) in [6, 6.07) is 0.336. The van der Waals surface area contributed by atoms with Crippen LogP contribution in [0.3, 0.4) is 0 Å². The van der Waals surface area contributed by atoms with E-state index in [-0.39, 0.29) is 10.6 Å². The molecule has 110 valence electrons. The van der Waals surface area contributed by atoms with Gasteiger partial charge in [-0.3, -0.25) is 14.9 Å². The van der Waals surface area contributed by atoms with Crippen LogP contribution >= 0.6 is 11.3 Å². The molecule has 7 nitrogen and oxygen atoms in total. The summed E-state index contributed by atoms with van der Waals surface area (Å²) in [5.41, 5.74) is -0.492. The Morgan fingerprint density at radius 3 is 2.50 bits per heavy atom. The maximum absolute atomic E-state index is 11.8. The predicted octanol–water partition coefficient (Wildman–Crippen LogP) is 2.12. The lowest BCUT2D eigenvalue weighted by Gasteiger charge is -2.22. The number of rotatable bonds is 4. The van der Waals surface area contributed by atoms with E-state index in [4.69, 9.17) is 4.74 Å². The number of ether oxygens (including phenoxy) is 1. The summed E-state index contributed by atoms with van der Waals surface area (Å²) < 4.78 is 5.12. The Hall–Kier alpha value is -1.96. The lowest BCUT2D eigenvalue weighted by atomic mass is 10.2. The molecule has 0 fully saturated rings. The number of carbonyl (C=O) groups is 2. The van der Waals surface area contributed by atoms with Crippen LogP contribution in [0.15, 0.2) is 11.4 Å². The maximum Gasteiger partial charge on any atom is 0.328 e. The van der Waals surface area contributed by atoms with E-state index in [1.807, 2.05) is 0 Å². The van der Waals surface area contributed by atoms with Crippen molar-refractivity contribution in [2.24, 2.45) is 0 Å². The third-order valence-electron chi connectivity index (χ3n) is 2.14. The van der Waals surface area contributed by atoms with Crippen molar-refractivity contribution in [3.05, 3.63) is 27.1 Å². The SMILES string of the molecule is C[C@H](NC(=O)c1csc([N+](=O)[O-])c1)C(=O)OC(C)(C)C. The number of hydrogen-bond acceptors (Lipinski definition) is 6. The first kappa shape index (κ1) is 16.1. The number of carbonyl (C=O) groups excluding carboxylic acids is 2. The molecule has 0 saturated carbocycles. The molecule has 1 atom stereocenters. The summed E-state index contributed by atoms with van der Waals surface area (Å²) in [6.07, 6.45) is 0. The Balaban J connectivity index is 2.65. The van der Waals surface area contributed by atoms with Gasteiger partial charge in [-0.15, -0.1) is 0 Å². The largest absolute Gasteiger partial charge is 0.458 e. The van der Waals surface area contributed by atoms with Gasteiger partial charge in [-0.2, -0.15) is 0 Å². The van der Waals surface area contributed by atoms with Gasteiger partial charge in [-0.1, -0.05) is 11.3 Å². The maximum atomic E-state index is 11.8. The first-order valence-corrected chi connectivity index (χ1v) is 6.75. The van der Waals surface area contributed by atoms with Gasteiger partial charge in [0.05, 0.1) is 10.5 Å². The quantitative estimate of drug-likeness (QED) is 0.521. The molecule has 0 bridgehead atoms. The van der Waals surface area contributed by atoms with E-state index in [0.29, 0.717) is 0 Å². The molecular formula is C12H16N2O5S. The molecule has 0 aliphatic heterocycles. The topological polar surface area (TPSA) is 98.5 Å². The summed E-state index contributed by atoms with van der Waals surface area (Å²) in [7, 11) is 0. The summed E-state index contributed by atoms with van der Waals surface area (Å²) >= 11 is 0.855. The van der Waals surface area contributed by atoms with Gasteiger partial charge in [0, 0.05) is 11.4 Å². The van der Waals surface area contributed by atoms with Crippen molar-refractivity contribution in [2.45, 2.75) is 39.3 Å². The molecule has 1 heterocycles. The minimum atomic E-state index is -0.833. The van der Waals surface area contributed by atoms with Crippen LogP contribution in [0.2, 0.25) is 0 Å². The zero-order chi connectivity index (χ0) is 15.5. The minimum absolute atomic E-state index is 0.125. The molecule has 8 heteroatoms. The van der Waals surface area contributed by atoms with E-state index in [1.54, 1.807) is 20.8 Å². The van der Waals surface area contributed by atoms with Gasteiger partial charge in [-0.05, 0) is 27.7 Å². The highest BCUT2D eigenvalue weighted by molar-refractivity contribution is 7.13. The van der Waals surface area contributed by atoms with Crippen molar-refractivity contribution in [1.82, 2.24) is 5.32 Å².